The number of benzene rings is 2. The van der Waals surface area contributed by atoms with Gasteiger partial charge in [0.1, 0.15) is 5.75 Å². The second kappa shape index (κ2) is 17.2. The molecule has 7 nitrogen and oxygen atoms in total. The van der Waals surface area contributed by atoms with Crippen molar-refractivity contribution in [2.24, 2.45) is 0 Å². The number of anilines is 1. The third-order valence-corrected chi connectivity index (χ3v) is 27.1. The van der Waals surface area contributed by atoms with Crippen molar-refractivity contribution in [2.75, 3.05) is 38.7 Å². The number of piperidine rings is 1. The van der Waals surface area contributed by atoms with Crippen LogP contribution in [0.3, 0.4) is 0 Å². The maximum absolute atomic E-state index is 7.55. The molecule has 1 aliphatic rings. The quantitative estimate of drug-likeness (QED) is 0.154. The molecule has 0 radical (unpaired) electrons. The summed E-state index contributed by atoms with van der Waals surface area (Å²) in [4.78, 5) is 2.70. The molecule has 0 saturated carbocycles. The van der Waals surface area contributed by atoms with E-state index in [4.69, 9.17) is 18.0 Å². The molecule has 1 aliphatic heterocycles. The Balaban J connectivity index is 1.64. The van der Waals surface area contributed by atoms with Gasteiger partial charge in [-0.05, 0) is 91.0 Å². The highest BCUT2D eigenvalue weighted by Crippen LogP contribution is 2.44. The summed E-state index contributed by atoms with van der Waals surface area (Å²) in [6, 6.07) is 15.1. The number of methoxy groups -OCH3 is 1. The van der Waals surface area contributed by atoms with Crippen LogP contribution in [-0.2, 0) is 26.2 Å². The smallest absolute Gasteiger partial charge is 0.192 e. The van der Waals surface area contributed by atoms with E-state index in [0.29, 0.717) is 6.61 Å². The Labute approximate surface area is 340 Å². The number of nitrogens with one attached hydrogen (secondary N) is 1. The van der Waals surface area contributed by atoms with Crippen LogP contribution in [0.4, 0.5) is 5.69 Å². The van der Waals surface area contributed by atoms with Gasteiger partial charge in [-0.15, -0.1) is 0 Å². The number of para-hydroxylation sites is 1. The second-order valence-electron chi connectivity index (χ2n) is 20.1. The molecule has 0 amide bonds. The zero-order chi connectivity index (χ0) is 40.5. The summed E-state index contributed by atoms with van der Waals surface area (Å²) in [7, 11) is -4.55. The largest absolute Gasteiger partial charge is 0.497 e. The molecule has 2 heterocycles. The van der Waals surface area contributed by atoms with E-state index in [9.17, 15) is 0 Å². The van der Waals surface area contributed by atoms with Gasteiger partial charge < -0.3 is 27.9 Å². The lowest BCUT2D eigenvalue weighted by molar-refractivity contribution is -0.0752. The van der Waals surface area contributed by atoms with Crippen molar-refractivity contribution in [3.63, 3.8) is 0 Å². The van der Waals surface area contributed by atoms with Crippen molar-refractivity contribution >= 4 is 57.5 Å². The van der Waals surface area contributed by atoms with Crippen molar-refractivity contribution in [3.8, 4) is 5.75 Å². The van der Waals surface area contributed by atoms with Crippen LogP contribution in [-0.4, -0.2) is 86.0 Å². The molecule has 2 unspecified atom stereocenters. The molecule has 2 aromatic carbocycles. The highest BCUT2D eigenvalue weighted by atomic mass is 79.9. The van der Waals surface area contributed by atoms with Gasteiger partial charge in [-0.3, -0.25) is 4.90 Å². The zero-order valence-electron chi connectivity index (χ0n) is 36.7. The summed E-state index contributed by atoms with van der Waals surface area (Å²) in [5.74, 6) is 0.834. The zero-order valence-corrected chi connectivity index (χ0v) is 41.3. The van der Waals surface area contributed by atoms with Gasteiger partial charge in [0.15, 0.2) is 25.0 Å². The van der Waals surface area contributed by atoms with Gasteiger partial charge in [0.25, 0.3) is 0 Å². The Kier molecular flexibility index (Phi) is 14.4. The van der Waals surface area contributed by atoms with Crippen LogP contribution in [0.5, 0.6) is 5.75 Å². The molecule has 1 aromatic heterocycles. The minimum atomic E-state index is -2.16. The van der Waals surface area contributed by atoms with E-state index in [1.165, 1.54) is 16.5 Å². The number of nitrogens with zero attached hydrogens (tertiary/aromatic N) is 2. The third kappa shape index (κ3) is 10.9. The van der Waals surface area contributed by atoms with E-state index in [1.54, 1.807) is 7.11 Å². The fourth-order valence-electron chi connectivity index (χ4n) is 6.49. The number of fused-ring (bicyclic) bond motifs is 1. The first-order chi connectivity index (χ1) is 24.8. The van der Waals surface area contributed by atoms with Gasteiger partial charge in [0.05, 0.1) is 32.0 Å². The maximum atomic E-state index is 7.55. The summed E-state index contributed by atoms with van der Waals surface area (Å²) in [5, 5.41) is 5.26. The van der Waals surface area contributed by atoms with Crippen LogP contribution in [0.2, 0.25) is 54.4 Å². The van der Waals surface area contributed by atoms with Crippen LogP contribution in [0.15, 0.2) is 53.1 Å². The monoisotopic (exact) mass is 859 g/mol. The number of aromatic nitrogens is 1. The van der Waals surface area contributed by atoms with Gasteiger partial charge in [-0.2, -0.15) is 0 Å². The molecule has 11 heteroatoms. The molecule has 0 bridgehead atoms. The third-order valence-electron chi connectivity index (χ3n) is 13.2. The van der Waals surface area contributed by atoms with E-state index < -0.39 is 25.0 Å². The Morgan fingerprint density at radius 1 is 0.796 bits per heavy atom. The average molecular weight is 861 g/mol. The van der Waals surface area contributed by atoms with Crippen LogP contribution in [0.25, 0.3) is 10.9 Å². The second-order valence-corrected chi connectivity index (χ2v) is 35.4. The van der Waals surface area contributed by atoms with Crippen LogP contribution < -0.4 is 10.1 Å². The lowest BCUT2D eigenvalue weighted by Gasteiger charge is -2.52. The molecule has 0 spiro atoms. The molecule has 1 fully saturated rings. The summed E-state index contributed by atoms with van der Waals surface area (Å²) in [6.07, 6.45) is 4.30. The highest BCUT2D eigenvalue weighted by Gasteiger charge is 2.50. The molecule has 0 aliphatic carbocycles. The van der Waals surface area contributed by atoms with Gasteiger partial charge in [0, 0.05) is 59.5 Å². The average Bonchev–Trinajstić information content (AvgIpc) is 3.39. The highest BCUT2D eigenvalue weighted by molar-refractivity contribution is 9.10. The Morgan fingerprint density at radius 2 is 1.41 bits per heavy atom. The first-order valence-electron chi connectivity index (χ1n) is 20.2. The molecule has 304 valence electrons. The predicted molar refractivity (Wildman–Crippen MR) is 242 cm³/mol. The van der Waals surface area contributed by atoms with Crippen molar-refractivity contribution in [3.05, 3.63) is 58.7 Å². The number of hydrogen-bond donors (Lipinski definition) is 1. The Hall–Kier alpha value is -1.45. The number of likely N-dealkylation sites (tertiary alicyclic amines) is 1. The van der Waals surface area contributed by atoms with Crippen LogP contribution in [0, 0.1) is 0 Å². The SMILES string of the molecule is COc1cc(Br)cc(NCCn2cc(CCN3CCC(O[Si](C)(C)C(C)(C)C)C(O[Si](C)(C)C(C)(C)C)[C@H]3CO[Si](C)(C)C(C)(C)C)c3ccccc32)c1. The van der Waals surface area contributed by atoms with Gasteiger partial charge >= 0.3 is 0 Å². The fraction of sp³-hybridized carbons (Fsp3) is 0.674. The molecule has 1 N–H and O–H groups in total. The summed E-state index contributed by atoms with van der Waals surface area (Å²) < 4.78 is 30.9. The van der Waals surface area contributed by atoms with Crippen LogP contribution in [0.1, 0.15) is 74.3 Å². The number of halogens is 1. The van der Waals surface area contributed by atoms with Crippen LogP contribution >= 0.6 is 15.9 Å². The van der Waals surface area contributed by atoms with E-state index >= 15 is 0 Å². The van der Waals surface area contributed by atoms with Crippen molar-refractivity contribution in [1.29, 1.82) is 0 Å². The van der Waals surface area contributed by atoms with E-state index in [-0.39, 0.29) is 33.4 Å². The van der Waals surface area contributed by atoms with Crippen molar-refractivity contribution in [1.82, 2.24) is 9.47 Å². The van der Waals surface area contributed by atoms with Gasteiger partial charge in [-0.25, -0.2) is 0 Å². The van der Waals surface area contributed by atoms with Gasteiger partial charge in [-0.1, -0.05) is 96.4 Å². The minimum absolute atomic E-state index is 0.0453. The number of ether oxygens (including phenoxy) is 1. The molecule has 3 aromatic rings. The van der Waals surface area contributed by atoms with Gasteiger partial charge in [0.2, 0.25) is 0 Å². The lowest BCUT2D eigenvalue weighted by Crippen LogP contribution is -2.64. The summed E-state index contributed by atoms with van der Waals surface area (Å²) >= 11 is 3.61. The Bertz CT molecular complexity index is 1690. The van der Waals surface area contributed by atoms with Crippen molar-refractivity contribution in [2.45, 2.75) is 154 Å². The Morgan fingerprint density at radius 3 is 2.02 bits per heavy atom. The normalized spacial score (nSPS) is 19.8. The molecule has 4 rings (SSSR count). The minimum Gasteiger partial charge on any atom is -0.497 e. The number of rotatable bonds is 15. The number of hydrogen-bond acceptors (Lipinski definition) is 6. The molecule has 1 saturated heterocycles. The van der Waals surface area contributed by atoms with E-state index in [2.05, 4.69) is 169 Å². The fourth-order valence-corrected chi connectivity index (χ4v) is 10.7. The van der Waals surface area contributed by atoms with Crippen molar-refractivity contribution < 1.29 is 18.0 Å². The van der Waals surface area contributed by atoms with E-state index in [1.807, 2.05) is 12.1 Å². The van der Waals surface area contributed by atoms with E-state index in [0.717, 1.165) is 54.9 Å². The maximum Gasteiger partial charge on any atom is 0.192 e. The summed E-state index contributed by atoms with van der Waals surface area (Å²) in [5.41, 5.74) is 3.71. The first kappa shape index (κ1) is 45.3. The summed E-state index contributed by atoms with van der Waals surface area (Å²) in [6.45, 7) is 39.7. The molecule has 3 atom stereocenters. The molecule has 54 heavy (non-hydrogen) atoms. The lowest BCUT2D eigenvalue weighted by atomic mass is 9.96. The molecular formula is C43H74BrN3O4Si3. The standard InChI is InChI=1S/C43H74BrN3O4Si3/c1-41(2,3)52(11,12)49-31-38-40(51-54(15,16)43(7,8)9)39(50-53(13,14)42(4,5)6)22-25-46(38)24-21-32-30-47(37-20-18-17-19-36(32)37)26-23-45-34-27-33(44)28-35(29-34)48-10/h17-20,27-30,38-40,45H,21-26,31H2,1-16H3/t38-,39?,40?/m1/s1. The first-order valence-corrected chi connectivity index (χ1v) is 29.7. The predicted octanol–water partition coefficient (Wildman–Crippen LogP) is 11.9. The topological polar surface area (TPSA) is 57.1 Å². The molecular weight excluding hydrogens is 787 g/mol.